The number of nitriles is 1. The Morgan fingerprint density at radius 1 is 1.47 bits per heavy atom. The molecule has 15 heavy (non-hydrogen) atoms. The lowest BCUT2D eigenvalue weighted by molar-refractivity contribution is 0.827. The second-order valence-corrected chi connectivity index (χ2v) is 4.52. The molecule has 0 aromatic heterocycles. The maximum atomic E-state index is 8.94. The monoisotopic (exact) mass is 263 g/mol. The predicted octanol–water partition coefficient (Wildman–Crippen LogP) is 4.07. The summed E-state index contributed by atoms with van der Waals surface area (Å²) in [6, 6.07) is 2.20. The fraction of sp³-hybridized carbons (Fsp3) is 0.462. The van der Waals surface area contributed by atoms with E-state index in [0.717, 1.165) is 41.3 Å². The zero-order valence-electron chi connectivity index (χ0n) is 8.94. The number of nitrogens with zero attached hydrogens (tertiary/aromatic N) is 1. The average Bonchev–Trinajstić information content (AvgIpc) is 2.26. The van der Waals surface area contributed by atoms with E-state index in [1.165, 1.54) is 6.42 Å². The molecule has 1 aliphatic rings. The van der Waals surface area contributed by atoms with Crippen LogP contribution in [0.3, 0.4) is 0 Å². The summed E-state index contributed by atoms with van der Waals surface area (Å²) in [5, 5.41) is 8.94. The van der Waals surface area contributed by atoms with Gasteiger partial charge in [0.05, 0.1) is 5.57 Å². The number of rotatable bonds is 2. The summed E-state index contributed by atoms with van der Waals surface area (Å²) in [6.07, 6.45) is 6.98. The highest BCUT2D eigenvalue weighted by atomic mass is 79.9. The van der Waals surface area contributed by atoms with Crippen LogP contribution in [-0.2, 0) is 0 Å². The first kappa shape index (κ1) is 12.1. The lowest BCUT2D eigenvalue weighted by atomic mass is 9.98. The zero-order valence-corrected chi connectivity index (χ0v) is 10.5. The molecular weight excluding hydrogens is 250 g/mol. The molecule has 0 saturated carbocycles. The Kier molecular flexibility index (Phi) is 5.22. The summed E-state index contributed by atoms with van der Waals surface area (Å²) in [7, 11) is 0. The molecule has 0 heterocycles. The second-order valence-electron chi connectivity index (χ2n) is 3.50. The molecule has 2 heteroatoms. The fourth-order valence-electron chi connectivity index (χ4n) is 1.36. The third-order valence-electron chi connectivity index (χ3n) is 2.25. The molecule has 0 bridgehead atoms. The van der Waals surface area contributed by atoms with E-state index in [9.17, 15) is 0 Å². The molecule has 0 aromatic carbocycles. The molecule has 1 nitrogen and oxygen atoms in total. The van der Waals surface area contributed by atoms with Crippen molar-refractivity contribution in [2.24, 2.45) is 0 Å². The smallest absolute Gasteiger partial charge is 0.100 e. The Morgan fingerprint density at radius 3 is 2.93 bits per heavy atom. The highest BCUT2D eigenvalue weighted by Crippen LogP contribution is 2.26. The van der Waals surface area contributed by atoms with Crippen LogP contribution in [0.5, 0.6) is 0 Å². The molecule has 0 fully saturated rings. The molecule has 78 valence electrons. The Bertz CT molecular complexity index is 385. The molecule has 0 saturated heterocycles. The summed E-state index contributed by atoms with van der Waals surface area (Å²) in [5.74, 6) is 6.25. The van der Waals surface area contributed by atoms with E-state index in [2.05, 4.69) is 40.8 Å². The van der Waals surface area contributed by atoms with Gasteiger partial charge < -0.3 is 0 Å². The van der Waals surface area contributed by atoms with Crippen molar-refractivity contribution in [3.05, 3.63) is 21.7 Å². The normalized spacial score (nSPS) is 15.1. The quantitative estimate of drug-likeness (QED) is 0.544. The third kappa shape index (κ3) is 3.94. The lowest BCUT2D eigenvalue weighted by Crippen LogP contribution is -1.93. The van der Waals surface area contributed by atoms with Crippen LogP contribution in [0, 0.1) is 23.2 Å². The van der Waals surface area contributed by atoms with E-state index >= 15 is 0 Å². The van der Waals surface area contributed by atoms with Gasteiger partial charge in [0, 0.05) is 12.0 Å². The van der Waals surface area contributed by atoms with Gasteiger partial charge in [0.25, 0.3) is 0 Å². The number of allylic oxidation sites excluding steroid dienone is 4. The SMILES string of the molecule is CCCCC#CC1=C(C#N)C=C(Br)CC1. The Morgan fingerprint density at radius 2 is 2.27 bits per heavy atom. The minimum Gasteiger partial charge on any atom is -0.192 e. The highest BCUT2D eigenvalue weighted by Gasteiger charge is 2.09. The Labute approximate surface area is 100.0 Å². The third-order valence-corrected chi connectivity index (χ3v) is 2.88. The van der Waals surface area contributed by atoms with Crippen molar-refractivity contribution < 1.29 is 0 Å². The van der Waals surface area contributed by atoms with Crippen LogP contribution in [0.15, 0.2) is 21.7 Å². The lowest BCUT2D eigenvalue weighted by Gasteiger charge is -2.08. The molecule has 0 atom stereocenters. The van der Waals surface area contributed by atoms with Crippen molar-refractivity contribution in [1.29, 1.82) is 5.26 Å². The van der Waals surface area contributed by atoms with E-state index in [-0.39, 0.29) is 0 Å². The Balaban J connectivity index is 2.74. The van der Waals surface area contributed by atoms with Crippen molar-refractivity contribution in [3.8, 4) is 17.9 Å². The molecule has 0 unspecified atom stereocenters. The topological polar surface area (TPSA) is 23.8 Å². The number of hydrogen-bond acceptors (Lipinski definition) is 1. The number of hydrogen-bond donors (Lipinski definition) is 0. The van der Waals surface area contributed by atoms with Gasteiger partial charge in [-0.1, -0.05) is 41.1 Å². The molecule has 1 aliphatic carbocycles. The predicted molar refractivity (Wildman–Crippen MR) is 66.2 cm³/mol. The maximum absolute atomic E-state index is 8.94. The maximum Gasteiger partial charge on any atom is 0.100 e. The van der Waals surface area contributed by atoms with Crippen LogP contribution in [0.25, 0.3) is 0 Å². The first-order chi connectivity index (χ1) is 7.27. The van der Waals surface area contributed by atoms with Gasteiger partial charge in [-0.05, 0) is 29.8 Å². The molecule has 0 spiro atoms. The van der Waals surface area contributed by atoms with E-state index in [1.54, 1.807) is 0 Å². The number of halogens is 1. The zero-order chi connectivity index (χ0) is 11.1. The Hall–Kier alpha value is -0.990. The largest absolute Gasteiger partial charge is 0.192 e. The van der Waals surface area contributed by atoms with Crippen molar-refractivity contribution in [3.63, 3.8) is 0 Å². The minimum absolute atomic E-state index is 0.720. The molecule has 0 aromatic rings. The molecule has 0 amide bonds. The van der Waals surface area contributed by atoms with Gasteiger partial charge in [-0.2, -0.15) is 5.26 Å². The van der Waals surface area contributed by atoms with E-state index in [4.69, 9.17) is 5.26 Å². The first-order valence-corrected chi connectivity index (χ1v) is 6.05. The summed E-state index contributed by atoms with van der Waals surface area (Å²) in [5.41, 5.74) is 1.72. The van der Waals surface area contributed by atoms with Gasteiger partial charge in [0.15, 0.2) is 0 Å². The van der Waals surface area contributed by atoms with Crippen molar-refractivity contribution in [2.75, 3.05) is 0 Å². The number of unbranched alkanes of at least 4 members (excludes halogenated alkanes) is 2. The van der Waals surface area contributed by atoms with Crippen molar-refractivity contribution >= 4 is 15.9 Å². The van der Waals surface area contributed by atoms with Crippen LogP contribution in [0.4, 0.5) is 0 Å². The van der Waals surface area contributed by atoms with Gasteiger partial charge in [-0.3, -0.25) is 0 Å². The summed E-state index contributed by atoms with van der Waals surface area (Å²) >= 11 is 3.42. The first-order valence-electron chi connectivity index (χ1n) is 5.26. The van der Waals surface area contributed by atoms with E-state index in [1.807, 2.05) is 6.08 Å². The van der Waals surface area contributed by atoms with Gasteiger partial charge in [0.1, 0.15) is 6.07 Å². The van der Waals surface area contributed by atoms with Crippen LogP contribution < -0.4 is 0 Å². The molecule has 0 aliphatic heterocycles. The van der Waals surface area contributed by atoms with Gasteiger partial charge in [-0.25, -0.2) is 0 Å². The van der Waals surface area contributed by atoms with E-state index in [0.29, 0.717) is 0 Å². The van der Waals surface area contributed by atoms with Crippen molar-refractivity contribution in [1.82, 2.24) is 0 Å². The van der Waals surface area contributed by atoms with Gasteiger partial charge in [-0.15, -0.1) is 0 Å². The van der Waals surface area contributed by atoms with E-state index < -0.39 is 0 Å². The average molecular weight is 264 g/mol. The van der Waals surface area contributed by atoms with Crippen LogP contribution in [-0.4, -0.2) is 0 Å². The highest BCUT2D eigenvalue weighted by molar-refractivity contribution is 9.11. The molecular formula is C13H14BrN. The summed E-state index contributed by atoms with van der Waals surface area (Å²) < 4.78 is 1.10. The van der Waals surface area contributed by atoms with Crippen molar-refractivity contribution in [2.45, 2.75) is 39.0 Å². The summed E-state index contributed by atoms with van der Waals surface area (Å²) in [4.78, 5) is 0. The minimum atomic E-state index is 0.720. The molecule has 0 N–H and O–H groups in total. The fourth-order valence-corrected chi connectivity index (χ4v) is 1.79. The molecule has 1 rings (SSSR count). The molecule has 0 radical (unpaired) electrons. The van der Waals surface area contributed by atoms with Crippen LogP contribution in [0.1, 0.15) is 39.0 Å². The van der Waals surface area contributed by atoms with Crippen LogP contribution in [0.2, 0.25) is 0 Å². The standard InChI is InChI=1S/C13H14BrN/c1-2-3-4-5-6-11-7-8-13(14)9-12(11)10-15/h9H,2-4,7-8H2,1H3. The van der Waals surface area contributed by atoms with Crippen LogP contribution >= 0.6 is 15.9 Å². The van der Waals surface area contributed by atoms with Gasteiger partial charge in [0.2, 0.25) is 0 Å². The summed E-state index contributed by atoms with van der Waals surface area (Å²) in [6.45, 7) is 2.15. The van der Waals surface area contributed by atoms with Gasteiger partial charge >= 0.3 is 0 Å². The second kappa shape index (κ2) is 6.49.